The Hall–Kier alpha value is -4.10. The molecule has 0 bridgehead atoms. The molecule has 0 aliphatic heterocycles. The molecule has 2 heterocycles. The zero-order valence-corrected chi connectivity index (χ0v) is 19.3. The van der Waals surface area contributed by atoms with Crippen molar-refractivity contribution in [3.63, 3.8) is 0 Å². The van der Waals surface area contributed by atoms with E-state index in [9.17, 15) is 12.8 Å². The smallest absolute Gasteiger partial charge is 0.238 e. The molecule has 0 saturated heterocycles. The number of fused-ring (bicyclic) bond motifs is 3. The van der Waals surface area contributed by atoms with Gasteiger partial charge in [-0.1, -0.05) is 24.0 Å². The number of nitrogens with two attached hydrogens (primary N) is 2. The van der Waals surface area contributed by atoms with E-state index in [1.165, 1.54) is 30.3 Å². The number of benzene rings is 3. The molecule has 4 N–H and O–H groups in total. The number of sulfonamides is 1. The Morgan fingerprint density at radius 2 is 1.69 bits per heavy atom. The third kappa shape index (κ3) is 4.50. The Labute approximate surface area is 201 Å². The van der Waals surface area contributed by atoms with E-state index in [1.807, 2.05) is 28.8 Å². The minimum absolute atomic E-state index is 0.0160. The first kappa shape index (κ1) is 22.7. The SMILES string of the molecule is NCCc1ccc(-n2cnc3cnc4cc(F)c(C#Cc5ccc(S(N)(=O)=O)cc5)cc4c32)cc1. The predicted octanol–water partition coefficient (Wildman–Crippen LogP) is 3.26. The highest BCUT2D eigenvalue weighted by Gasteiger charge is 2.13. The van der Waals surface area contributed by atoms with Gasteiger partial charge in [0, 0.05) is 22.7 Å². The van der Waals surface area contributed by atoms with Crippen molar-refractivity contribution in [1.82, 2.24) is 14.5 Å². The van der Waals surface area contributed by atoms with Crippen molar-refractivity contribution in [2.75, 3.05) is 6.54 Å². The fourth-order valence-corrected chi connectivity index (χ4v) is 4.38. The van der Waals surface area contributed by atoms with Gasteiger partial charge in [-0.3, -0.25) is 9.55 Å². The monoisotopic (exact) mass is 485 g/mol. The summed E-state index contributed by atoms with van der Waals surface area (Å²) in [7, 11) is -3.79. The van der Waals surface area contributed by atoms with Gasteiger partial charge in [0.1, 0.15) is 17.7 Å². The lowest BCUT2D eigenvalue weighted by atomic mass is 10.1. The third-order valence-electron chi connectivity index (χ3n) is 5.63. The van der Waals surface area contributed by atoms with Crippen LogP contribution in [0.1, 0.15) is 16.7 Å². The lowest BCUT2D eigenvalue weighted by Crippen LogP contribution is -2.11. The van der Waals surface area contributed by atoms with E-state index in [-0.39, 0.29) is 10.5 Å². The second-order valence-corrected chi connectivity index (χ2v) is 9.54. The highest BCUT2D eigenvalue weighted by Crippen LogP contribution is 2.28. The van der Waals surface area contributed by atoms with Crippen molar-refractivity contribution >= 4 is 32.0 Å². The Bertz CT molecular complexity index is 1730. The van der Waals surface area contributed by atoms with Crippen LogP contribution in [-0.4, -0.2) is 29.5 Å². The average molecular weight is 486 g/mol. The van der Waals surface area contributed by atoms with Crippen LogP contribution < -0.4 is 10.9 Å². The third-order valence-corrected chi connectivity index (χ3v) is 6.56. The maximum Gasteiger partial charge on any atom is 0.238 e. The first-order valence-corrected chi connectivity index (χ1v) is 12.3. The summed E-state index contributed by atoms with van der Waals surface area (Å²) in [4.78, 5) is 8.81. The van der Waals surface area contributed by atoms with Crippen molar-refractivity contribution in [1.29, 1.82) is 0 Å². The fraction of sp³-hybridized carbons (Fsp3) is 0.0769. The average Bonchev–Trinajstić information content (AvgIpc) is 3.28. The maximum absolute atomic E-state index is 14.8. The standard InChI is InChI=1S/C26H20FN5O2S/c27-23-14-24-22(13-19(23)6-1-17-4-9-21(10-5-17)35(29,33)34)26-25(15-30-24)31-16-32(26)20-7-2-18(3-8-20)11-12-28/h2-5,7-10,13-16H,11-12,28H2,(H2,29,33,34). The molecule has 0 spiro atoms. The number of aromatic nitrogens is 3. The van der Waals surface area contributed by atoms with Crippen LogP contribution in [0.25, 0.3) is 27.6 Å². The van der Waals surface area contributed by atoms with Gasteiger partial charge in [0.25, 0.3) is 0 Å². The van der Waals surface area contributed by atoms with Crippen LogP contribution in [0.3, 0.4) is 0 Å². The van der Waals surface area contributed by atoms with Crippen LogP contribution in [-0.2, 0) is 16.4 Å². The molecule has 0 fully saturated rings. The van der Waals surface area contributed by atoms with Gasteiger partial charge < -0.3 is 5.73 Å². The van der Waals surface area contributed by atoms with Crippen molar-refractivity contribution in [3.05, 3.63) is 95.7 Å². The first-order chi connectivity index (χ1) is 16.8. The topological polar surface area (TPSA) is 117 Å². The van der Waals surface area contributed by atoms with Gasteiger partial charge in [-0.2, -0.15) is 0 Å². The molecule has 0 amide bonds. The molecule has 0 aliphatic rings. The number of hydrogen-bond acceptors (Lipinski definition) is 5. The number of imidazole rings is 1. The van der Waals surface area contributed by atoms with E-state index in [2.05, 4.69) is 21.8 Å². The summed E-state index contributed by atoms with van der Waals surface area (Å²) in [6.07, 6.45) is 4.13. The molecule has 7 nitrogen and oxygen atoms in total. The van der Waals surface area contributed by atoms with Gasteiger partial charge in [-0.25, -0.2) is 22.9 Å². The highest BCUT2D eigenvalue weighted by molar-refractivity contribution is 7.89. The number of hydrogen-bond donors (Lipinski definition) is 2. The van der Waals surface area contributed by atoms with Crippen molar-refractivity contribution in [2.24, 2.45) is 10.9 Å². The van der Waals surface area contributed by atoms with E-state index in [0.29, 0.717) is 28.5 Å². The van der Waals surface area contributed by atoms with E-state index in [1.54, 1.807) is 18.6 Å². The lowest BCUT2D eigenvalue weighted by Gasteiger charge is -2.08. The van der Waals surface area contributed by atoms with Gasteiger partial charge in [-0.15, -0.1) is 0 Å². The largest absolute Gasteiger partial charge is 0.330 e. The number of rotatable bonds is 4. The summed E-state index contributed by atoms with van der Waals surface area (Å²) in [6, 6.07) is 16.8. The van der Waals surface area contributed by atoms with Crippen LogP contribution >= 0.6 is 0 Å². The first-order valence-electron chi connectivity index (χ1n) is 10.7. The second kappa shape index (κ2) is 8.92. The number of halogens is 1. The van der Waals surface area contributed by atoms with Crippen LogP contribution in [0.5, 0.6) is 0 Å². The summed E-state index contributed by atoms with van der Waals surface area (Å²) in [6.45, 7) is 0.579. The van der Waals surface area contributed by atoms with Crippen LogP contribution in [0.4, 0.5) is 4.39 Å². The minimum atomic E-state index is -3.79. The van der Waals surface area contributed by atoms with Crippen LogP contribution in [0.2, 0.25) is 0 Å². The van der Waals surface area contributed by atoms with Gasteiger partial charge >= 0.3 is 0 Å². The Morgan fingerprint density at radius 3 is 2.37 bits per heavy atom. The molecule has 0 aliphatic carbocycles. The van der Waals surface area contributed by atoms with Crippen molar-refractivity contribution < 1.29 is 12.8 Å². The van der Waals surface area contributed by atoms with Gasteiger partial charge in [0.2, 0.25) is 10.0 Å². The summed E-state index contributed by atoms with van der Waals surface area (Å²) in [5.74, 6) is 5.21. The summed E-state index contributed by atoms with van der Waals surface area (Å²) in [5, 5.41) is 5.83. The molecule has 3 aromatic carbocycles. The Balaban J connectivity index is 1.60. The fourth-order valence-electron chi connectivity index (χ4n) is 3.86. The molecule has 35 heavy (non-hydrogen) atoms. The molecule has 2 aromatic heterocycles. The van der Waals surface area contributed by atoms with Crippen LogP contribution in [0, 0.1) is 17.7 Å². The molecular formula is C26H20FN5O2S. The molecule has 5 aromatic rings. The summed E-state index contributed by atoms with van der Waals surface area (Å²) in [5.41, 5.74) is 10.4. The van der Waals surface area contributed by atoms with Gasteiger partial charge in [0.05, 0.1) is 27.7 Å². The lowest BCUT2D eigenvalue weighted by molar-refractivity contribution is 0.598. The molecule has 174 valence electrons. The molecular weight excluding hydrogens is 465 g/mol. The molecule has 0 saturated carbocycles. The summed E-state index contributed by atoms with van der Waals surface area (Å²) < 4.78 is 39.6. The normalized spacial score (nSPS) is 11.5. The zero-order chi connectivity index (χ0) is 24.6. The molecule has 0 atom stereocenters. The van der Waals surface area contributed by atoms with Crippen LogP contribution in [0.15, 0.2) is 78.1 Å². The van der Waals surface area contributed by atoms with Gasteiger partial charge in [-0.05, 0) is 61.0 Å². The van der Waals surface area contributed by atoms with E-state index < -0.39 is 15.8 Å². The Kier molecular flexibility index (Phi) is 5.78. The van der Waals surface area contributed by atoms with Crippen molar-refractivity contribution in [3.8, 4) is 17.5 Å². The minimum Gasteiger partial charge on any atom is -0.330 e. The van der Waals surface area contributed by atoms with E-state index in [0.717, 1.165) is 23.2 Å². The molecule has 0 radical (unpaired) electrons. The highest BCUT2D eigenvalue weighted by atomic mass is 32.2. The molecule has 0 unspecified atom stereocenters. The number of pyridine rings is 1. The van der Waals surface area contributed by atoms with Gasteiger partial charge in [0.15, 0.2) is 0 Å². The van der Waals surface area contributed by atoms with E-state index >= 15 is 0 Å². The quantitative estimate of drug-likeness (QED) is 0.379. The number of primary sulfonamides is 1. The molecule has 9 heteroatoms. The predicted molar refractivity (Wildman–Crippen MR) is 133 cm³/mol. The summed E-state index contributed by atoms with van der Waals surface area (Å²) >= 11 is 0. The van der Waals surface area contributed by atoms with Crippen molar-refractivity contribution in [2.45, 2.75) is 11.3 Å². The molecule has 5 rings (SSSR count). The Morgan fingerprint density at radius 1 is 0.943 bits per heavy atom. The zero-order valence-electron chi connectivity index (χ0n) is 18.4. The second-order valence-electron chi connectivity index (χ2n) is 7.98. The number of nitrogens with zero attached hydrogens (tertiary/aromatic N) is 3. The maximum atomic E-state index is 14.8. The van der Waals surface area contributed by atoms with E-state index in [4.69, 9.17) is 10.9 Å².